The van der Waals surface area contributed by atoms with Gasteiger partial charge in [-0.2, -0.15) is 0 Å². The van der Waals surface area contributed by atoms with Crippen molar-refractivity contribution in [3.63, 3.8) is 0 Å². The molecule has 0 aromatic carbocycles. The Morgan fingerprint density at radius 2 is 1.07 bits per heavy atom. The fraction of sp³-hybridized carbons (Fsp3) is 0.417. The first-order chi connectivity index (χ1) is 12.6. The van der Waals surface area contributed by atoms with Gasteiger partial charge < -0.3 is 48.8 Å². The third kappa shape index (κ3) is 39.2. The lowest BCUT2D eigenvalue weighted by Gasteiger charge is -1.98. The van der Waals surface area contributed by atoms with E-state index in [1.54, 1.807) is 6.92 Å². The molecular weight excluding hydrogens is 384 g/mol. The van der Waals surface area contributed by atoms with E-state index in [0.29, 0.717) is 19.1 Å². The number of ether oxygens (including phenoxy) is 6. The van der Waals surface area contributed by atoms with E-state index >= 15 is 0 Å². The Kier molecular flexibility index (Phi) is 20.8. The molecule has 0 bridgehead atoms. The predicted octanol–water partition coefficient (Wildman–Crippen LogP) is 2.01. The normalized spacial score (nSPS) is 8.52. The highest BCUT2D eigenvalue weighted by molar-refractivity contribution is 5.59. The summed E-state index contributed by atoms with van der Waals surface area (Å²) in [7, 11) is 1.28. The second kappa shape index (κ2) is 20.1. The van der Waals surface area contributed by atoms with Crippen molar-refractivity contribution in [3.8, 4) is 0 Å². The Hall–Kier alpha value is -3.91. The van der Waals surface area contributed by atoms with Gasteiger partial charge in [-0.1, -0.05) is 0 Å². The Morgan fingerprint density at radius 1 is 0.704 bits per heavy atom. The fourth-order valence-corrected chi connectivity index (χ4v) is 0.607. The van der Waals surface area contributed by atoms with Crippen LogP contribution in [0.15, 0.2) is 12.5 Å². The first kappa shape index (κ1) is 27.9. The zero-order valence-corrected chi connectivity index (χ0v) is 14.1. The number of carbonyl (C=O) groups excluding carboxylic acids is 1. The highest BCUT2D eigenvalue weighted by Crippen LogP contribution is 1.82. The van der Waals surface area contributed by atoms with Crippen molar-refractivity contribution in [1.29, 1.82) is 0 Å². The molecule has 0 radical (unpaired) electrons. The van der Waals surface area contributed by atoms with E-state index in [2.05, 4.69) is 28.4 Å². The third-order valence-electron chi connectivity index (χ3n) is 1.36. The summed E-state index contributed by atoms with van der Waals surface area (Å²) < 4.78 is 23.8. The highest BCUT2D eigenvalue weighted by atomic mass is 16.7. The van der Waals surface area contributed by atoms with Crippen LogP contribution in [0.4, 0.5) is 24.0 Å². The molecule has 15 heteroatoms. The average Bonchev–Trinajstić information content (AvgIpc) is 2.56. The highest BCUT2D eigenvalue weighted by Gasteiger charge is 1.98. The second-order valence-corrected chi connectivity index (χ2v) is 3.16. The molecule has 0 amide bonds. The van der Waals surface area contributed by atoms with E-state index in [-0.39, 0.29) is 13.2 Å². The van der Waals surface area contributed by atoms with E-state index in [0.717, 1.165) is 0 Å². The van der Waals surface area contributed by atoms with Crippen molar-refractivity contribution in [2.24, 2.45) is 0 Å². The maximum Gasteiger partial charge on any atom is 0.510 e. The van der Waals surface area contributed by atoms with Crippen LogP contribution >= 0.6 is 0 Å². The van der Waals surface area contributed by atoms with E-state index in [4.69, 9.17) is 20.4 Å². The van der Waals surface area contributed by atoms with Gasteiger partial charge in [0, 0.05) is 0 Å². The molecule has 15 nitrogen and oxygen atoms in total. The van der Waals surface area contributed by atoms with Crippen LogP contribution in [0, 0.1) is 0 Å². The summed E-state index contributed by atoms with van der Waals surface area (Å²) in [6.45, 7) is 1.53. The largest absolute Gasteiger partial charge is 0.510 e. The SMILES string of the molecule is CCOC(=O)OC.O=C(O)O/C=C/OC(=O)O.O=C(O)OCCOC(=O)O. The Labute approximate surface area is 151 Å². The average molecular weight is 402 g/mol. The second-order valence-electron chi connectivity index (χ2n) is 3.16. The van der Waals surface area contributed by atoms with Crippen LogP contribution in [-0.2, 0) is 28.4 Å². The van der Waals surface area contributed by atoms with Crippen molar-refractivity contribution in [2.75, 3.05) is 26.9 Å². The Morgan fingerprint density at radius 3 is 1.26 bits per heavy atom. The van der Waals surface area contributed by atoms with Gasteiger partial charge in [-0.05, 0) is 6.92 Å². The Balaban J connectivity index is -0.000000326. The molecule has 0 rings (SSSR count). The van der Waals surface area contributed by atoms with Crippen molar-refractivity contribution < 1.29 is 72.8 Å². The summed E-state index contributed by atoms with van der Waals surface area (Å²) >= 11 is 0. The van der Waals surface area contributed by atoms with Crippen molar-refractivity contribution in [1.82, 2.24) is 0 Å². The van der Waals surface area contributed by atoms with E-state index in [1.165, 1.54) is 7.11 Å². The summed E-state index contributed by atoms with van der Waals surface area (Å²) in [5, 5.41) is 31.3. The smallest absolute Gasteiger partial charge is 0.450 e. The minimum absolute atomic E-state index is 0.276. The maximum absolute atomic E-state index is 9.97. The molecule has 0 aliphatic rings. The van der Waals surface area contributed by atoms with Crippen molar-refractivity contribution >= 4 is 30.8 Å². The van der Waals surface area contributed by atoms with Crippen LogP contribution in [0.25, 0.3) is 0 Å². The molecule has 0 aromatic heterocycles. The molecule has 0 aliphatic heterocycles. The van der Waals surface area contributed by atoms with E-state index < -0.39 is 30.8 Å². The molecule has 27 heavy (non-hydrogen) atoms. The zero-order chi connectivity index (χ0) is 21.7. The number of hydrogen-bond donors (Lipinski definition) is 4. The van der Waals surface area contributed by atoms with Crippen LogP contribution in [0.2, 0.25) is 0 Å². The minimum atomic E-state index is -1.54. The summed E-state index contributed by atoms with van der Waals surface area (Å²) in [6, 6.07) is 0. The van der Waals surface area contributed by atoms with Crippen LogP contribution in [-0.4, -0.2) is 78.1 Å². The van der Waals surface area contributed by atoms with Gasteiger partial charge in [-0.3, -0.25) is 0 Å². The van der Waals surface area contributed by atoms with Gasteiger partial charge in [0.05, 0.1) is 13.7 Å². The number of carbonyl (C=O) groups is 5. The molecule has 0 atom stereocenters. The lowest BCUT2D eigenvalue weighted by molar-refractivity contribution is 0.0472. The summed E-state index contributed by atoms with van der Waals surface area (Å²) in [5.74, 6) is 0. The van der Waals surface area contributed by atoms with Gasteiger partial charge in [-0.25, -0.2) is 24.0 Å². The quantitative estimate of drug-likeness (QED) is 0.216. The molecule has 0 heterocycles. The molecule has 0 unspecified atom stereocenters. The van der Waals surface area contributed by atoms with Crippen LogP contribution in [0.5, 0.6) is 0 Å². The van der Waals surface area contributed by atoms with Gasteiger partial charge >= 0.3 is 30.8 Å². The van der Waals surface area contributed by atoms with Crippen LogP contribution in [0.1, 0.15) is 6.92 Å². The maximum atomic E-state index is 9.97. The molecule has 4 N–H and O–H groups in total. The lowest BCUT2D eigenvalue weighted by atomic mass is 10.8. The molecular formula is C12H18O15. The lowest BCUT2D eigenvalue weighted by Crippen LogP contribution is -2.10. The van der Waals surface area contributed by atoms with Crippen molar-refractivity contribution in [3.05, 3.63) is 12.5 Å². The molecule has 0 fully saturated rings. The number of hydrogen-bond acceptors (Lipinski definition) is 11. The minimum Gasteiger partial charge on any atom is -0.450 e. The van der Waals surface area contributed by atoms with Gasteiger partial charge in [-0.15, -0.1) is 0 Å². The van der Waals surface area contributed by atoms with Gasteiger partial charge in [0.25, 0.3) is 0 Å². The van der Waals surface area contributed by atoms with Crippen LogP contribution in [0.3, 0.4) is 0 Å². The topological polar surface area (TPSA) is 222 Å². The molecule has 0 spiro atoms. The van der Waals surface area contributed by atoms with Gasteiger partial charge in [0.1, 0.15) is 25.7 Å². The van der Waals surface area contributed by atoms with Gasteiger partial charge in [0.2, 0.25) is 0 Å². The van der Waals surface area contributed by atoms with Crippen molar-refractivity contribution in [2.45, 2.75) is 6.92 Å². The third-order valence-corrected chi connectivity index (χ3v) is 1.36. The Bertz CT molecular complexity index is 449. The first-order valence-electron chi connectivity index (χ1n) is 6.43. The van der Waals surface area contributed by atoms with Crippen LogP contribution < -0.4 is 0 Å². The predicted molar refractivity (Wildman–Crippen MR) is 79.3 cm³/mol. The first-order valence-corrected chi connectivity index (χ1v) is 6.43. The standard InChI is InChI=1S/C4H6O6.C4H4O6.C4H8O3/c2*5-3(6)9-1-2-10-4(7)8;1-3-7-4(5)6-2/h1-2H2,(H,5,6)(H,7,8);1-2H,(H,5,6)(H,7,8);3H2,1-2H3/b;2-1+;. The molecule has 0 aromatic rings. The number of methoxy groups -OCH3 is 1. The number of carboxylic acid groups (broad SMARTS) is 4. The van der Waals surface area contributed by atoms with E-state index in [1.807, 2.05) is 0 Å². The number of rotatable bonds is 6. The van der Waals surface area contributed by atoms with Gasteiger partial charge in [0.15, 0.2) is 0 Å². The molecule has 156 valence electrons. The summed E-state index contributed by atoms with van der Waals surface area (Å²) in [4.78, 5) is 48.3. The zero-order valence-electron chi connectivity index (χ0n) is 14.1. The van der Waals surface area contributed by atoms with E-state index in [9.17, 15) is 24.0 Å². The molecule has 0 aliphatic carbocycles. The summed E-state index contributed by atoms with van der Waals surface area (Å²) in [5.41, 5.74) is 0. The summed E-state index contributed by atoms with van der Waals surface area (Å²) in [6.07, 6.45) is -5.41. The fourth-order valence-electron chi connectivity index (χ4n) is 0.607. The molecule has 0 saturated carbocycles. The monoisotopic (exact) mass is 402 g/mol. The molecule has 0 saturated heterocycles.